The van der Waals surface area contributed by atoms with Gasteiger partial charge in [0, 0.05) is 41.4 Å². The minimum absolute atomic E-state index is 0.0908. The summed E-state index contributed by atoms with van der Waals surface area (Å²) in [6.45, 7) is 3.78. The fraction of sp³-hybridized carbons (Fsp3) is 0.538. The molecule has 0 aromatic heterocycles. The Balaban J connectivity index is 1.98. The zero-order chi connectivity index (χ0) is 13.8. The van der Waals surface area contributed by atoms with Gasteiger partial charge in [0.25, 0.3) is 5.69 Å². The zero-order valence-corrected chi connectivity index (χ0v) is 12.4. The van der Waals surface area contributed by atoms with Crippen molar-refractivity contribution in [3.8, 4) is 0 Å². The number of nitrogens with zero attached hydrogens (tertiary/aromatic N) is 1. The number of benzene rings is 1. The van der Waals surface area contributed by atoms with E-state index >= 15 is 0 Å². The number of nitrogens with one attached hydrogen (secondary N) is 1. The molecule has 1 fully saturated rings. The highest BCUT2D eigenvalue weighted by Gasteiger charge is 2.26. The lowest BCUT2D eigenvalue weighted by molar-refractivity contribution is -0.384. The van der Waals surface area contributed by atoms with Crippen LogP contribution in [0.4, 0.5) is 11.4 Å². The first-order valence-corrected chi connectivity index (χ1v) is 7.20. The highest BCUT2D eigenvalue weighted by atomic mass is 79.9. The van der Waals surface area contributed by atoms with Gasteiger partial charge in [-0.15, -0.1) is 0 Å². The molecule has 1 heterocycles. The molecule has 104 valence electrons. The van der Waals surface area contributed by atoms with Gasteiger partial charge in [-0.25, -0.2) is 0 Å². The van der Waals surface area contributed by atoms with Gasteiger partial charge in [-0.2, -0.15) is 0 Å². The van der Waals surface area contributed by atoms with Crippen molar-refractivity contribution in [2.45, 2.75) is 25.9 Å². The van der Waals surface area contributed by atoms with Gasteiger partial charge in [-0.3, -0.25) is 10.1 Å². The van der Waals surface area contributed by atoms with E-state index < -0.39 is 4.92 Å². The number of non-ortho nitro benzene ring substituents is 1. The van der Waals surface area contributed by atoms with Crippen molar-refractivity contribution < 1.29 is 9.66 Å². The number of rotatable bonds is 5. The maximum Gasteiger partial charge on any atom is 0.270 e. The van der Waals surface area contributed by atoms with Gasteiger partial charge in [0.05, 0.1) is 11.0 Å². The second-order valence-corrected chi connectivity index (χ2v) is 5.52. The summed E-state index contributed by atoms with van der Waals surface area (Å²) in [5, 5.41) is 14.0. The Morgan fingerprint density at radius 1 is 1.58 bits per heavy atom. The maximum atomic E-state index is 10.7. The first-order chi connectivity index (χ1) is 9.11. The summed E-state index contributed by atoms with van der Waals surface area (Å²) in [6.07, 6.45) is 2.41. The molecule has 0 saturated carbocycles. The number of nitro benzene ring substituents is 1. The Morgan fingerprint density at radius 3 is 3.00 bits per heavy atom. The smallest absolute Gasteiger partial charge is 0.270 e. The van der Waals surface area contributed by atoms with Crippen molar-refractivity contribution in [2.75, 3.05) is 18.5 Å². The molecule has 2 unspecified atom stereocenters. The van der Waals surface area contributed by atoms with Crippen LogP contribution in [0.1, 0.15) is 19.8 Å². The Kier molecular flexibility index (Phi) is 4.76. The molecule has 0 amide bonds. The molecule has 1 aliphatic rings. The molecule has 1 aromatic carbocycles. The van der Waals surface area contributed by atoms with Crippen molar-refractivity contribution >= 4 is 27.3 Å². The molecule has 2 atom stereocenters. The van der Waals surface area contributed by atoms with Crippen LogP contribution in [-0.2, 0) is 4.74 Å². The van der Waals surface area contributed by atoms with Crippen molar-refractivity contribution in [1.29, 1.82) is 0 Å². The molecule has 0 radical (unpaired) electrons. The fourth-order valence-electron chi connectivity index (χ4n) is 2.38. The van der Waals surface area contributed by atoms with E-state index in [0.717, 1.165) is 31.7 Å². The minimum atomic E-state index is -0.396. The Bertz CT molecular complexity index is 467. The summed E-state index contributed by atoms with van der Waals surface area (Å²) < 4.78 is 6.36. The predicted octanol–water partition coefficient (Wildman–Crippen LogP) is 3.58. The van der Waals surface area contributed by atoms with Crippen LogP contribution in [-0.4, -0.2) is 24.2 Å². The first-order valence-electron chi connectivity index (χ1n) is 6.41. The molecule has 1 aromatic rings. The van der Waals surface area contributed by atoms with E-state index in [1.54, 1.807) is 6.07 Å². The topological polar surface area (TPSA) is 64.4 Å². The summed E-state index contributed by atoms with van der Waals surface area (Å²) in [6, 6.07) is 4.76. The fourth-order valence-corrected chi connectivity index (χ4v) is 2.89. The number of hydrogen-bond donors (Lipinski definition) is 1. The number of nitro groups is 1. The molecule has 1 N–H and O–H groups in total. The van der Waals surface area contributed by atoms with Gasteiger partial charge in [0.15, 0.2) is 0 Å². The van der Waals surface area contributed by atoms with Crippen LogP contribution in [0.25, 0.3) is 0 Å². The van der Waals surface area contributed by atoms with E-state index in [1.165, 1.54) is 12.1 Å². The van der Waals surface area contributed by atoms with E-state index in [4.69, 9.17) is 4.74 Å². The predicted molar refractivity (Wildman–Crippen MR) is 77.4 cm³/mol. The molecule has 2 rings (SSSR count). The number of ether oxygens (including phenoxy) is 1. The zero-order valence-electron chi connectivity index (χ0n) is 10.8. The van der Waals surface area contributed by atoms with Crippen molar-refractivity contribution in [3.05, 3.63) is 32.8 Å². The van der Waals surface area contributed by atoms with E-state index in [2.05, 4.69) is 28.2 Å². The third-order valence-corrected chi connectivity index (χ3v) is 4.12. The standard InChI is InChI=1S/C13H17BrN2O3/c1-2-13-9(5-6-19-13)8-15-12-4-3-10(16(17)18)7-11(12)14/h3-4,7,9,13,15H,2,5-6,8H2,1H3. The van der Waals surface area contributed by atoms with Crippen molar-refractivity contribution in [1.82, 2.24) is 0 Å². The van der Waals surface area contributed by atoms with E-state index in [1.807, 2.05) is 0 Å². The molecule has 6 heteroatoms. The molecule has 0 aliphatic carbocycles. The van der Waals surface area contributed by atoms with Gasteiger partial charge in [-0.1, -0.05) is 6.92 Å². The number of hydrogen-bond acceptors (Lipinski definition) is 4. The SMILES string of the molecule is CCC1OCCC1CNc1ccc([N+](=O)[O-])cc1Br. The molecule has 1 saturated heterocycles. The molecular formula is C13H17BrN2O3. The summed E-state index contributed by atoms with van der Waals surface area (Å²) in [7, 11) is 0. The van der Waals surface area contributed by atoms with Crippen molar-refractivity contribution in [2.24, 2.45) is 5.92 Å². The Labute approximate surface area is 120 Å². The Hall–Kier alpha value is -1.14. The van der Waals surface area contributed by atoms with Crippen LogP contribution >= 0.6 is 15.9 Å². The highest BCUT2D eigenvalue weighted by molar-refractivity contribution is 9.10. The van der Waals surface area contributed by atoms with E-state index in [9.17, 15) is 10.1 Å². The monoisotopic (exact) mass is 328 g/mol. The third kappa shape index (κ3) is 3.45. The first kappa shape index (κ1) is 14.3. The van der Waals surface area contributed by atoms with Crippen molar-refractivity contribution in [3.63, 3.8) is 0 Å². The van der Waals surface area contributed by atoms with Crippen LogP contribution in [0.2, 0.25) is 0 Å². The van der Waals surface area contributed by atoms with Gasteiger partial charge in [0.1, 0.15) is 0 Å². The maximum absolute atomic E-state index is 10.7. The highest BCUT2D eigenvalue weighted by Crippen LogP contribution is 2.29. The largest absolute Gasteiger partial charge is 0.384 e. The van der Waals surface area contributed by atoms with Crippen LogP contribution < -0.4 is 5.32 Å². The van der Waals surface area contributed by atoms with Gasteiger partial charge < -0.3 is 10.1 Å². The van der Waals surface area contributed by atoms with Gasteiger partial charge in [0.2, 0.25) is 0 Å². The normalized spacial score (nSPS) is 22.4. The summed E-state index contributed by atoms with van der Waals surface area (Å²) in [4.78, 5) is 10.3. The number of halogens is 1. The molecular weight excluding hydrogens is 312 g/mol. The molecule has 1 aliphatic heterocycles. The summed E-state index contributed by atoms with van der Waals surface area (Å²) in [5.74, 6) is 0.507. The quantitative estimate of drug-likeness (QED) is 0.662. The second-order valence-electron chi connectivity index (χ2n) is 4.67. The summed E-state index contributed by atoms with van der Waals surface area (Å²) >= 11 is 3.36. The van der Waals surface area contributed by atoms with Gasteiger partial charge in [-0.05, 0) is 34.8 Å². The molecule has 5 nitrogen and oxygen atoms in total. The lowest BCUT2D eigenvalue weighted by atomic mass is 9.99. The average Bonchev–Trinajstić information content (AvgIpc) is 2.84. The van der Waals surface area contributed by atoms with Crippen LogP contribution in [0.3, 0.4) is 0 Å². The summed E-state index contributed by atoms with van der Waals surface area (Å²) in [5.41, 5.74) is 0.973. The third-order valence-electron chi connectivity index (χ3n) is 3.47. The lowest BCUT2D eigenvalue weighted by Gasteiger charge is -2.18. The molecule has 19 heavy (non-hydrogen) atoms. The molecule has 0 bridgehead atoms. The van der Waals surface area contributed by atoms with Gasteiger partial charge >= 0.3 is 0 Å². The molecule has 0 spiro atoms. The Morgan fingerprint density at radius 2 is 2.37 bits per heavy atom. The number of anilines is 1. The van der Waals surface area contributed by atoms with E-state index in [-0.39, 0.29) is 5.69 Å². The van der Waals surface area contributed by atoms with Crippen LogP contribution in [0.15, 0.2) is 22.7 Å². The second kappa shape index (κ2) is 6.34. The average molecular weight is 329 g/mol. The minimum Gasteiger partial charge on any atom is -0.384 e. The van der Waals surface area contributed by atoms with Crippen LogP contribution in [0.5, 0.6) is 0 Å². The van der Waals surface area contributed by atoms with Crippen LogP contribution in [0, 0.1) is 16.0 Å². The van der Waals surface area contributed by atoms with E-state index in [0.29, 0.717) is 16.5 Å². The lowest BCUT2D eigenvalue weighted by Crippen LogP contribution is -2.22.